The second-order valence-corrected chi connectivity index (χ2v) is 9.07. The van der Waals surface area contributed by atoms with Gasteiger partial charge >= 0.3 is 0 Å². The fourth-order valence-electron chi connectivity index (χ4n) is 2.89. The van der Waals surface area contributed by atoms with Gasteiger partial charge in [-0.3, -0.25) is 0 Å². The van der Waals surface area contributed by atoms with E-state index in [1.807, 2.05) is 37.3 Å². The second kappa shape index (κ2) is 13.6. The highest BCUT2D eigenvalue weighted by atomic mass is 127. The van der Waals surface area contributed by atoms with Gasteiger partial charge in [0, 0.05) is 19.1 Å². The molecular weight excluding hydrogens is 530 g/mol. The number of sulfonamides is 1. The molecule has 0 radical (unpaired) electrons. The minimum absolute atomic E-state index is 0. The van der Waals surface area contributed by atoms with Crippen LogP contribution in [0.1, 0.15) is 37.5 Å². The molecule has 0 atom stereocenters. The number of hydrogen-bond acceptors (Lipinski definition) is 3. The van der Waals surface area contributed by atoms with Crippen LogP contribution in [0.25, 0.3) is 0 Å². The van der Waals surface area contributed by atoms with Crippen molar-refractivity contribution in [2.24, 2.45) is 4.99 Å². The quantitative estimate of drug-likeness (QED) is 0.235. The predicted octanol–water partition coefficient (Wildman–Crippen LogP) is 3.57. The molecule has 6 nitrogen and oxygen atoms in total. The Hall–Kier alpha value is -1.72. The zero-order valence-corrected chi connectivity index (χ0v) is 21.3. The average Bonchev–Trinajstić information content (AvgIpc) is 2.67. The molecule has 0 aliphatic heterocycles. The number of nitrogens with one attached hydrogen (secondary N) is 3. The van der Waals surface area contributed by atoms with Crippen LogP contribution < -0.4 is 15.4 Å². The summed E-state index contributed by atoms with van der Waals surface area (Å²) in [4.78, 5) is 4.55. The van der Waals surface area contributed by atoms with Crippen LogP contribution in [0.15, 0.2) is 53.5 Å². The van der Waals surface area contributed by atoms with Gasteiger partial charge in [-0.25, -0.2) is 22.5 Å². The Morgan fingerprint density at radius 2 is 1.68 bits per heavy atom. The highest BCUT2D eigenvalue weighted by Gasteiger charge is 2.12. The standard InChI is InChI=1S/C22H31FN4O2S.HI/c1-4-24-22(25-14-13-20-7-5-6-8-21(20)23)26-15-18-9-11-19(12-10-18)16-30(28,29)27-17(2)3;/h5-12,17,27H,4,13-16H2,1-3H3,(H2,24,25,26);1H. The largest absolute Gasteiger partial charge is 0.357 e. The molecule has 0 saturated carbocycles. The molecule has 0 heterocycles. The molecule has 2 rings (SSSR count). The van der Waals surface area contributed by atoms with Gasteiger partial charge in [-0.2, -0.15) is 0 Å². The summed E-state index contributed by atoms with van der Waals surface area (Å²) in [7, 11) is -3.34. The first kappa shape index (κ1) is 27.3. The lowest BCUT2D eigenvalue weighted by molar-refractivity contribution is 0.569. The summed E-state index contributed by atoms with van der Waals surface area (Å²) in [6.07, 6.45) is 0.560. The average molecular weight is 562 g/mol. The van der Waals surface area contributed by atoms with Crippen molar-refractivity contribution < 1.29 is 12.8 Å². The van der Waals surface area contributed by atoms with Gasteiger partial charge < -0.3 is 10.6 Å². The van der Waals surface area contributed by atoms with Gasteiger partial charge in [-0.05, 0) is 49.9 Å². The number of nitrogens with zero attached hydrogens (tertiary/aromatic N) is 1. The zero-order chi connectivity index (χ0) is 22.0. The van der Waals surface area contributed by atoms with Crippen molar-refractivity contribution in [3.8, 4) is 0 Å². The lowest BCUT2D eigenvalue weighted by Gasteiger charge is -2.12. The number of halogens is 2. The molecule has 0 bridgehead atoms. The van der Waals surface area contributed by atoms with Crippen molar-refractivity contribution in [3.05, 3.63) is 71.0 Å². The summed E-state index contributed by atoms with van der Waals surface area (Å²) in [5.41, 5.74) is 2.36. The number of benzene rings is 2. The SMILES string of the molecule is CCNC(=NCc1ccc(CS(=O)(=O)NC(C)C)cc1)NCCc1ccccc1F.I. The summed E-state index contributed by atoms with van der Waals surface area (Å²) in [5, 5.41) is 6.38. The van der Waals surface area contributed by atoms with Crippen LogP contribution in [-0.2, 0) is 28.7 Å². The fourth-order valence-corrected chi connectivity index (χ4v) is 4.32. The highest BCUT2D eigenvalue weighted by molar-refractivity contribution is 14.0. The van der Waals surface area contributed by atoms with Crippen LogP contribution in [0.5, 0.6) is 0 Å². The first-order valence-electron chi connectivity index (χ1n) is 10.1. The molecule has 0 aliphatic carbocycles. The Kier molecular flexibility index (Phi) is 12.0. The lowest BCUT2D eigenvalue weighted by Crippen LogP contribution is -2.38. The molecule has 172 valence electrons. The molecule has 31 heavy (non-hydrogen) atoms. The molecule has 0 amide bonds. The summed E-state index contributed by atoms with van der Waals surface area (Å²) < 4.78 is 40.4. The van der Waals surface area contributed by atoms with Crippen LogP contribution in [0.4, 0.5) is 4.39 Å². The van der Waals surface area contributed by atoms with E-state index < -0.39 is 10.0 Å². The lowest BCUT2D eigenvalue weighted by atomic mass is 10.1. The molecule has 0 unspecified atom stereocenters. The van der Waals surface area contributed by atoms with Gasteiger partial charge in [0.05, 0.1) is 12.3 Å². The van der Waals surface area contributed by atoms with Gasteiger partial charge in [0.25, 0.3) is 0 Å². The van der Waals surface area contributed by atoms with Crippen molar-refractivity contribution in [3.63, 3.8) is 0 Å². The molecule has 2 aromatic rings. The Morgan fingerprint density at radius 1 is 1.03 bits per heavy atom. The molecule has 0 spiro atoms. The van der Waals surface area contributed by atoms with E-state index in [1.54, 1.807) is 26.0 Å². The summed E-state index contributed by atoms with van der Waals surface area (Å²) in [6, 6.07) is 14.0. The van der Waals surface area contributed by atoms with Gasteiger partial charge in [0.2, 0.25) is 10.0 Å². The van der Waals surface area contributed by atoms with E-state index in [1.165, 1.54) is 6.07 Å². The van der Waals surface area contributed by atoms with E-state index in [4.69, 9.17) is 0 Å². The van der Waals surface area contributed by atoms with Crippen molar-refractivity contribution in [1.29, 1.82) is 0 Å². The smallest absolute Gasteiger partial charge is 0.216 e. The number of aliphatic imine (C=N–C) groups is 1. The number of guanidine groups is 1. The zero-order valence-electron chi connectivity index (χ0n) is 18.2. The first-order valence-corrected chi connectivity index (χ1v) is 11.8. The predicted molar refractivity (Wildman–Crippen MR) is 136 cm³/mol. The topological polar surface area (TPSA) is 82.6 Å². The molecule has 9 heteroatoms. The molecule has 0 saturated heterocycles. The minimum Gasteiger partial charge on any atom is -0.357 e. The summed E-state index contributed by atoms with van der Waals surface area (Å²) in [6.45, 7) is 7.30. The van der Waals surface area contributed by atoms with Crippen molar-refractivity contribution in [2.75, 3.05) is 13.1 Å². The van der Waals surface area contributed by atoms with Gasteiger partial charge in [0.1, 0.15) is 5.82 Å². The molecule has 2 aromatic carbocycles. The van der Waals surface area contributed by atoms with E-state index in [9.17, 15) is 12.8 Å². The van der Waals surface area contributed by atoms with E-state index >= 15 is 0 Å². The second-order valence-electron chi connectivity index (χ2n) is 7.31. The van der Waals surface area contributed by atoms with E-state index in [0.29, 0.717) is 37.6 Å². The molecule has 3 N–H and O–H groups in total. The third kappa shape index (κ3) is 10.4. The normalized spacial score (nSPS) is 11.8. The van der Waals surface area contributed by atoms with Crippen molar-refractivity contribution in [2.45, 2.75) is 45.5 Å². The maximum absolute atomic E-state index is 13.7. The van der Waals surface area contributed by atoms with E-state index in [2.05, 4.69) is 20.3 Å². The van der Waals surface area contributed by atoms with E-state index in [0.717, 1.165) is 11.1 Å². The first-order chi connectivity index (χ1) is 14.3. The van der Waals surface area contributed by atoms with Gasteiger partial charge in [0.15, 0.2) is 5.96 Å². The fraction of sp³-hybridized carbons (Fsp3) is 0.409. The third-order valence-corrected chi connectivity index (χ3v) is 5.75. The molecular formula is C22H32FIN4O2S. The van der Waals surface area contributed by atoms with Crippen LogP contribution in [-0.4, -0.2) is 33.5 Å². The highest BCUT2D eigenvalue weighted by Crippen LogP contribution is 2.10. The Morgan fingerprint density at radius 3 is 2.29 bits per heavy atom. The number of rotatable bonds is 10. The van der Waals surface area contributed by atoms with Gasteiger partial charge in [-0.15, -0.1) is 24.0 Å². The van der Waals surface area contributed by atoms with Crippen LogP contribution in [0.3, 0.4) is 0 Å². The summed E-state index contributed by atoms with van der Waals surface area (Å²) >= 11 is 0. The monoisotopic (exact) mass is 562 g/mol. The minimum atomic E-state index is -3.34. The maximum atomic E-state index is 13.7. The van der Waals surface area contributed by atoms with Crippen LogP contribution >= 0.6 is 24.0 Å². The Labute approximate surface area is 202 Å². The van der Waals surface area contributed by atoms with Crippen LogP contribution in [0, 0.1) is 5.82 Å². The van der Waals surface area contributed by atoms with Crippen molar-refractivity contribution >= 4 is 40.0 Å². The maximum Gasteiger partial charge on any atom is 0.216 e. The van der Waals surface area contributed by atoms with Crippen LogP contribution in [0.2, 0.25) is 0 Å². The van der Waals surface area contributed by atoms with Crippen molar-refractivity contribution in [1.82, 2.24) is 15.4 Å². The summed E-state index contributed by atoms with van der Waals surface area (Å²) in [5.74, 6) is 0.406. The van der Waals surface area contributed by atoms with Gasteiger partial charge in [-0.1, -0.05) is 42.5 Å². The molecule has 0 aromatic heterocycles. The van der Waals surface area contributed by atoms with E-state index in [-0.39, 0.29) is 41.6 Å². The molecule has 0 aliphatic rings. The Bertz CT molecular complexity index is 935. The number of hydrogen-bond donors (Lipinski definition) is 3. The third-order valence-electron chi connectivity index (χ3n) is 4.20. The Balaban J connectivity index is 0.00000480. The molecule has 0 fully saturated rings.